The Kier molecular flexibility index (Phi) is 8.80. The number of hydrogen-bond donors (Lipinski definition) is 0. The van der Waals surface area contributed by atoms with Crippen LogP contribution < -0.4 is 0 Å². The van der Waals surface area contributed by atoms with Crippen molar-refractivity contribution in [2.45, 2.75) is 154 Å². The second-order valence-electron chi connectivity index (χ2n) is 18.0. The number of fused-ring (bicyclic) bond motifs is 10. The van der Waals surface area contributed by atoms with E-state index in [9.17, 15) is 19.2 Å². The van der Waals surface area contributed by atoms with Crippen molar-refractivity contribution in [1.29, 1.82) is 0 Å². The standard InChI is InChI=1S/C42H58O6/c1-41-21-19-31-29-13-9-27(43)23-25(29)7-11-33(31)35(41)15-17-37(41)47-39(45)5-3-4-6-40(46)48-38-18-16-36-34-12-8-26-24-28(44)10-14-30(26)32(34)20-22-42(36,38)2/h23-24,29-38H,3-22H2,1-2H3/t29-,30-,31?,32?,33?,34?,35?,36?,37-,38-,41-,42-/m0/s1. The molecule has 0 heterocycles. The quantitative estimate of drug-likeness (QED) is 0.201. The number of rotatable bonds is 7. The summed E-state index contributed by atoms with van der Waals surface area (Å²) in [7, 11) is 0. The predicted octanol–water partition coefficient (Wildman–Crippen LogP) is 8.65. The molecule has 0 spiro atoms. The van der Waals surface area contributed by atoms with Crippen LogP contribution in [0.2, 0.25) is 0 Å². The zero-order valence-electron chi connectivity index (χ0n) is 29.5. The fourth-order valence-corrected chi connectivity index (χ4v) is 13.6. The minimum Gasteiger partial charge on any atom is -0.462 e. The Morgan fingerprint density at radius 1 is 0.583 bits per heavy atom. The Morgan fingerprint density at radius 2 is 1.02 bits per heavy atom. The highest BCUT2D eigenvalue weighted by molar-refractivity contribution is 5.91. The van der Waals surface area contributed by atoms with Gasteiger partial charge in [0.1, 0.15) is 12.2 Å². The highest BCUT2D eigenvalue weighted by Crippen LogP contribution is 2.64. The van der Waals surface area contributed by atoms with E-state index in [0.717, 1.165) is 64.2 Å². The van der Waals surface area contributed by atoms with Crippen LogP contribution in [0.25, 0.3) is 0 Å². The van der Waals surface area contributed by atoms with Crippen molar-refractivity contribution < 1.29 is 28.7 Å². The van der Waals surface area contributed by atoms with Crippen molar-refractivity contribution in [2.24, 2.45) is 58.2 Å². The molecule has 0 aromatic carbocycles. The van der Waals surface area contributed by atoms with Gasteiger partial charge in [0.25, 0.3) is 0 Å². The van der Waals surface area contributed by atoms with Gasteiger partial charge in [-0.05, 0) is 162 Å². The van der Waals surface area contributed by atoms with Crippen LogP contribution >= 0.6 is 0 Å². The molecule has 6 nitrogen and oxygen atoms in total. The summed E-state index contributed by atoms with van der Waals surface area (Å²) in [6.45, 7) is 4.76. The van der Waals surface area contributed by atoms with Gasteiger partial charge in [-0.3, -0.25) is 19.2 Å². The van der Waals surface area contributed by atoms with Gasteiger partial charge in [0, 0.05) is 36.5 Å². The van der Waals surface area contributed by atoms with Crippen LogP contribution in [-0.4, -0.2) is 35.7 Å². The Labute approximate surface area is 287 Å². The van der Waals surface area contributed by atoms with E-state index >= 15 is 0 Å². The maximum Gasteiger partial charge on any atom is 0.306 e. The molecule has 0 saturated heterocycles. The van der Waals surface area contributed by atoms with Gasteiger partial charge in [-0.2, -0.15) is 0 Å². The molecular weight excluding hydrogens is 600 g/mol. The second kappa shape index (κ2) is 12.8. The van der Waals surface area contributed by atoms with Crippen LogP contribution in [0.15, 0.2) is 23.3 Å². The van der Waals surface area contributed by atoms with Crippen LogP contribution in [-0.2, 0) is 28.7 Å². The van der Waals surface area contributed by atoms with Crippen LogP contribution in [0.3, 0.4) is 0 Å². The lowest BCUT2D eigenvalue weighted by Gasteiger charge is -2.53. The van der Waals surface area contributed by atoms with Crippen molar-refractivity contribution in [2.75, 3.05) is 0 Å². The maximum atomic E-state index is 13.1. The van der Waals surface area contributed by atoms with E-state index in [1.807, 2.05) is 12.2 Å². The first-order chi connectivity index (χ1) is 23.1. The summed E-state index contributed by atoms with van der Waals surface area (Å²) in [5.41, 5.74) is 2.97. The number of hydrogen-bond acceptors (Lipinski definition) is 6. The smallest absolute Gasteiger partial charge is 0.306 e. The van der Waals surface area contributed by atoms with E-state index in [2.05, 4.69) is 13.8 Å². The molecular formula is C42H58O6. The van der Waals surface area contributed by atoms with Crippen molar-refractivity contribution in [1.82, 2.24) is 0 Å². The molecule has 48 heavy (non-hydrogen) atoms. The molecule has 0 aromatic rings. The SMILES string of the molecule is C[C@]12CCC3C(CCC4=CC(=O)CC[C@@H]43)C1CC[C@@H]2OC(=O)CCCCC(=O)O[C@H]1CCC2C3CCC4=CC(=O)CC[C@@H]4C3CC[C@@]21C. The van der Waals surface area contributed by atoms with Gasteiger partial charge >= 0.3 is 11.9 Å². The number of ketones is 2. The summed E-state index contributed by atoms with van der Waals surface area (Å²) >= 11 is 0. The summed E-state index contributed by atoms with van der Waals surface area (Å²) in [5.74, 6) is 5.62. The monoisotopic (exact) mass is 658 g/mol. The number of allylic oxidation sites excluding steroid dienone is 2. The maximum absolute atomic E-state index is 13.1. The molecule has 8 rings (SSSR count). The fraction of sp³-hybridized carbons (Fsp3) is 0.810. The summed E-state index contributed by atoms with van der Waals surface area (Å²) in [6, 6.07) is 0. The molecule has 6 fully saturated rings. The summed E-state index contributed by atoms with van der Waals surface area (Å²) in [5, 5.41) is 0. The molecule has 8 aliphatic carbocycles. The van der Waals surface area contributed by atoms with E-state index in [1.54, 1.807) is 0 Å². The predicted molar refractivity (Wildman–Crippen MR) is 182 cm³/mol. The van der Waals surface area contributed by atoms with Gasteiger partial charge in [0.15, 0.2) is 11.6 Å². The molecule has 12 atom stereocenters. The Hall–Kier alpha value is -2.24. The minimum absolute atomic E-state index is 0.00400. The number of esters is 2. The van der Waals surface area contributed by atoms with E-state index in [0.29, 0.717) is 97.4 Å². The first-order valence-corrected chi connectivity index (χ1v) is 20.0. The summed E-state index contributed by atoms with van der Waals surface area (Å²) in [4.78, 5) is 50.2. The lowest BCUT2D eigenvalue weighted by atomic mass is 9.52. The lowest BCUT2D eigenvalue weighted by Crippen LogP contribution is -2.48. The first kappa shape index (κ1) is 32.9. The van der Waals surface area contributed by atoms with E-state index in [-0.39, 0.29) is 35.0 Å². The van der Waals surface area contributed by atoms with Gasteiger partial charge in [0.2, 0.25) is 0 Å². The van der Waals surface area contributed by atoms with Crippen LogP contribution in [0, 0.1) is 58.2 Å². The molecule has 8 aliphatic rings. The highest BCUT2D eigenvalue weighted by atomic mass is 16.5. The average Bonchev–Trinajstić information content (AvgIpc) is 3.58. The summed E-state index contributed by atoms with van der Waals surface area (Å²) < 4.78 is 12.4. The van der Waals surface area contributed by atoms with Crippen LogP contribution in [0.1, 0.15) is 142 Å². The lowest BCUT2D eigenvalue weighted by molar-refractivity contribution is -0.161. The third kappa shape index (κ3) is 5.67. The van der Waals surface area contributed by atoms with Crippen molar-refractivity contribution in [3.05, 3.63) is 23.3 Å². The van der Waals surface area contributed by atoms with Gasteiger partial charge in [-0.15, -0.1) is 0 Å². The van der Waals surface area contributed by atoms with Gasteiger partial charge in [-0.1, -0.05) is 25.0 Å². The molecule has 0 N–H and O–H groups in total. The molecule has 6 heteroatoms. The normalized spacial score (nSPS) is 44.5. The molecule has 262 valence electrons. The molecule has 6 unspecified atom stereocenters. The molecule has 0 radical (unpaired) electrons. The third-order valence-corrected chi connectivity index (χ3v) is 16.0. The molecule has 0 bridgehead atoms. The zero-order valence-corrected chi connectivity index (χ0v) is 29.5. The Balaban J connectivity index is 0.781. The zero-order chi connectivity index (χ0) is 33.2. The van der Waals surface area contributed by atoms with E-state index in [1.165, 1.54) is 36.8 Å². The average molecular weight is 659 g/mol. The fourth-order valence-electron chi connectivity index (χ4n) is 13.6. The highest BCUT2D eigenvalue weighted by Gasteiger charge is 2.59. The van der Waals surface area contributed by atoms with Gasteiger partial charge in [0.05, 0.1) is 0 Å². The Bertz CT molecular complexity index is 1290. The summed E-state index contributed by atoms with van der Waals surface area (Å²) in [6.07, 6.45) is 22.8. The van der Waals surface area contributed by atoms with Gasteiger partial charge < -0.3 is 9.47 Å². The van der Waals surface area contributed by atoms with E-state index < -0.39 is 0 Å². The molecule has 0 amide bonds. The molecule has 0 aromatic heterocycles. The molecule has 0 aliphatic heterocycles. The largest absolute Gasteiger partial charge is 0.462 e. The molecule has 6 saturated carbocycles. The number of carbonyl (C=O) groups is 4. The topological polar surface area (TPSA) is 86.7 Å². The van der Waals surface area contributed by atoms with Crippen molar-refractivity contribution in [3.8, 4) is 0 Å². The second-order valence-corrected chi connectivity index (χ2v) is 18.0. The third-order valence-electron chi connectivity index (χ3n) is 16.0. The van der Waals surface area contributed by atoms with Crippen LogP contribution in [0.5, 0.6) is 0 Å². The van der Waals surface area contributed by atoms with Crippen LogP contribution in [0.4, 0.5) is 0 Å². The minimum atomic E-state index is -0.104. The van der Waals surface area contributed by atoms with Crippen molar-refractivity contribution >= 4 is 23.5 Å². The van der Waals surface area contributed by atoms with Crippen molar-refractivity contribution in [3.63, 3.8) is 0 Å². The first-order valence-electron chi connectivity index (χ1n) is 20.0. The van der Waals surface area contributed by atoms with E-state index in [4.69, 9.17) is 9.47 Å². The number of ether oxygens (including phenoxy) is 2. The Morgan fingerprint density at radius 3 is 1.46 bits per heavy atom. The number of carbonyl (C=O) groups excluding carboxylic acids is 4. The van der Waals surface area contributed by atoms with Gasteiger partial charge in [-0.25, -0.2) is 0 Å². The number of unbranched alkanes of at least 4 members (excludes halogenated alkanes) is 1.